The number of aliphatic hydroxyl groups is 1. The van der Waals surface area contributed by atoms with Gasteiger partial charge in [0.15, 0.2) is 5.69 Å². The molecule has 6 rings (SSSR count). The van der Waals surface area contributed by atoms with E-state index in [4.69, 9.17) is 4.42 Å². The summed E-state index contributed by atoms with van der Waals surface area (Å²) >= 11 is 0. The van der Waals surface area contributed by atoms with Crippen molar-refractivity contribution in [3.05, 3.63) is 54.8 Å². The number of aryl methyl sites for hydroxylation is 1. The van der Waals surface area contributed by atoms with Gasteiger partial charge in [-0.2, -0.15) is 5.10 Å². The minimum atomic E-state index is -0.387. The first-order valence-corrected chi connectivity index (χ1v) is 10.6. The molecule has 5 aromatic rings. The molecule has 4 aromatic heterocycles. The number of amides is 1. The molecule has 1 amide bonds. The van der Waals surface area contributed by atoms with Gasteiger partial charge in [-0.1, -0.05) is 0 Å². The summed E-state index contributed by atoms with van der Waals surface area (Å²) in [5.41, 5.74) is 4.00. The number of oxazole rings is 1. The molecule has 1 atom stereocenters. The number of nitrogens with one attached hydrogen (secondary N) is 2. The van der Waals surface area contributed by atoms with Crippen molar-refractivity contribution in [2.45, 2.75) is 12.5 Å². The van der Waals surface area contributed by atoms with Crippen molar-refractivity contribution in [1.29, 1.82) is 0 Å². The van der Waals surface area contributed by atoms with Gasteiger partial charge in [0.05, 0.1) is 29.2 Å². The highest BCUT2D eigenvalue weighted by molar-refractivity contribution is 6.06. The van der Waals surface area contributed by atoms with Gasteiger partial charge in [0.25, 0.3) is 5.91 Å². The van der Waals surface area contributed by atoms with Crippen LogP contribution in [-0.2, 0) is 7.05 Å². The molecular formula is C23H21N7O3. The van der Waals surface area contributed by atoms with Gasteiger partial charge in [-0.25, -0.2) is 9.97 Å². The first kappa shape index (κ1) is 19.5. The highest BCUT2D eigenvalue weighted by Gasteiger charge is 2.25. The Bertz CT molecular complexity index is 1500. The lowest BCUT2D eigenvalue weighted by atomic mass is 10.1. The number of nitrogens with zero attached hydrogens (tertiary/aromatic N) is 5. The maximum atomic E-state index is 13.1. The second kappa shape index (κ2) is 7.45. The Labute approximate surface area is 187 Å². The van der Waals surface area contributed by atoms with E-state index in [2.05, 4.69) is 30.3 Å². The van der Waals surface area contributed by atoms with E-state index in [0.29, 0.717) is 31.1 Å². The lowest BCUT2D eigenvalue weighted by Gasteiger charge is -2.22. The molecule has 166 valence electrons. The molecule has 1 fully saturated rings. The van der Waals surface area contributed by atoms with Gasteiger partial charge in [-0.15, -0.1) is 0 Å². The fraction of sp³-hybridized carbons (Fsp3) is 0.217. The molecule has 0 saturated carbocycles. The number of H-pyrrole nitrogens is 1. The van der Waals surface area contributed by atoms with Crippen molar-refractivity contribution >= 4 is 39.2 Å². The van der Waals surface area contributed by atoms with Crippen LogP contribution in [0.25, 0.3) is 33.4 Å². The summed E-state index contributed by atoms with van der Waals surface area (Å²) in [6.45, 7) is 1.22. The van der Waals surface area contributed by atoms with Crippen LogP contribution in [0, 0.1) is 0 Å². The number of pyridine rings is 1. The Hall–Kier alpha value is -4.18. The Morgan fingerprint density at radius 2 is 2.24 bits per heavy atom. The average Bonchev–Trinajstić information content (AvgIpc) is 3.60. The van der Waals surface area contributed by atoms with Gasteiger partial charge in [0, 0.05) is 48.9 Å². The number of hydrogen-bond donors (Lipinski definition) is 3. The first-order valence-electron chi connectivity index (χ1n) is 10.6. The highest BCUT2D eigenvalue weighted by atomic mass is 16.3. The summed E-state index contributed by atoms with van der Waals surface area (Å²) in [7, 11) is 1.85. The molecule has 1 saturated heterocycles. The van der Waals surface area contributed by atoms with Gasteiger partial charge in [-0.05, 0) is 30.7 Å². The van der Waals surface area contributed by atoms with Crippen molar-refractivity contribution in [2.24, 2.45) is 7.05 Å². The third-order valence-electron chi connectivity index (χ3n) is 6.04. The van der Waals surface area contributed by atoms with Gasteiger partial charge < -0.3 is 24.7 Å². The van der Waals surface area contributed by atoms with E-state index < -0.39 is 0 Å². The van der Waals surface area contributed by atoms with Crippen LogP contribution < -0.4 is 10.2 Å². The molecule has 1 aliphatic heterocycles. The minimum absolute atomic E-state index is 0.169. The molecule has 1 aliphatic rings. The number of β-amino-alcohol motifs (C(OH)–C–C–N with tert-alkyl or cyclic N) is 1. The topological polar surface area (TPSA) is 125 Å². The van der Waals surface area contributed by atoms with Crippen LogP contribution >= 0.6 is 0 Å². The molecule has 0 bridgehead atoms. The highest BCUT2D eigenvalue weighted by Crippen LogP contribution is 2.34. The van der Waals surface area contributed by atoms with Crippen LogP contribution in [0.15, 0.2) is 53.5 Å². The van der Waals surface area contributed by atoms with Crippen LogP contribution in [-0.4, -0.2) is 54.9 Å². The van der Waals surface area contributed by atoms with Crippen molar-refractivity contribution in [1.82, 2.24) is 24.7 Å². The molecule has 0 unspecified atom stereocenters. The average molecular weight is 443 g/mol. The number of benzene rings is 1. The number of aromatic nitrogens is 5. The zero-order chi connectivity index (χ0) is 22.5. The van der Waals surface area contributed by atoms with Gasteiger partial charge in [0.2, 0.25) is 5.89 Å². The molecule has 10 nitrogen and oxygen atoms in total. The Morgan fingerprint density at radius 1 is 1.33 bits per heavy atom. The number of hydrogen-bond acceptors (Lipinski definition) is 7. The predicted octanol–water partition coefficient (Wildman–Crippen LogP) is 2.93. The van der Waals surface area contributed by atoms with Crippen molar-refractivity contribution in [2.75, 3.05) is 23.3 Å². The first-order chi connectivity index (χ1) is 16.1. The van der Waals surface area contributed by atoms with E-state index in [1.807, 2.05) is 25.2 Å². The van der Waals surface area contributed by atoms with E-state index >= 15 is 0 Å². The van der Waals surface area contributed by atoms with Crippen molar-refractivity contribution in [3.8, 4) is 11.5 Å². The maximum absolute atomic E-state index is 13.1. The Balaban J connectivity index is 1.34. The lowest BCUT2D eigenvalue weighted by molar-refractivity contribution is 0.102. The molecule has 1 aromatic carbocycles. The number of aromatic amines is 1. The quantitative estimate of drug-likeness (QED) is 0.390. The summed E-state index contributed by atoms with van der Waals surface area (Å²) in [5, 5.41) is 19.1. The molecule has 3 N–H and O–H groups in total. The molecule has 10 heteroatoms. The van der Waals surface area contributed by atoms with Crippen molar-refractivity contribution < 1.29 is 14.3 Å². The van der Waals surface area contributed by atoms with E-state index in [1.54, 1.807) is 29.3 Å². The third kappa shape index (κ3) is 3.31. The monoisotopic (exact) mass is 443 g/mol. The molecule has 0 radical (unpaired) electrons. The van der Waals surface area contributed by atoms with Crippen LogP contribution in [0.2, 0.25) is 0 Å². The number of carbonyl (C=O) groups excluding carboxylic acids is 1. The van der Waals surface area contributed by atoms with Crippen LogP contribution in [0.1, 0.15) is 16.9 Å². The van der Waals surface area contributed by atoms with Crippen LogP contribution in [0.5, 0.6) is 0 Å². The van der Waals surface area contributed by atoms with Gasteiger partial charge in [0.1, 0.15) is 11.9 Å². The van der Waals surface area contributed by atoms with Crippen molar-refractivity contribution in [3.63, 3.8) is 0 Å². The fourth-order valence-corrected chi connectivity index (χ4v) is 4.35. The minimum Gasteiger partial charge on any atom is -0.444 e. The summed E-state index contributed by atoms with van der Waals surface area (Å²) in [6.07, 6.45) is 6.90. The third-order valence-corrected chi connectivity index (χ3v) is 6.04. The van der Waals surface area contributed by atoms with Gasteiger partial charge in [-0.3, -0.25) is 9.48 Å². The van der Waals surface area contributed by atoms with E-state index in [0.717, 1.165) is 33.2 Å². The maximum Gasteiger partial charge on any atom is 0.277 e. The SMILES string of the molecule is Cn1ncc2cc(N3CC[C@H](O)C3)c(NC(=O)c3coc(-c4ccnc5[nH]ccc45)n3)cc21. The molecule has 5 heterocycles. The zero-order valence-electron chi connectivity index (χ0n) is 17.8. The molecular weight excluding hydrogens is 422 g/mol. The standard InChI is InChI=1S/C23H21N7O3/c1-29-19-9-17(20(8-13(19)10-26-29)30-7-4-14(31)11-30)27-22(32)18-12-33-23(28-18)16-3-6-25-21-15(16)2-5-24-21/h2-3,5-6,8-10,12,14,31H,4,7,11H2,1H3,(H,24,25)(H,27,32)/t14-/m0/s1. The van der Waals surface area contributed by atoms with E-state index in [-0.39, 0.29) is 17.7 Å². The summed E-state index contributed by atoms with van der Waals surface area (Å²) in [5.74, 6) is -0.0380. The van der Waals surface area contributed by atoms with E-state index in [9.17, 15) is 9.90 Å². The summed E-state index contributed by atoms with van der Waals surface area (Å²) < 4.78 is 7.39. The van der Waals surface area contributed by atoms with E-state index in [1.165, 1.54) is 6.26 Å². The lowest BCUT2D eigenvalue weighted by Crippen LogP contribution is -2.23. The number of fused-ring (bicyclic) bond motifs is 2. The number of rotatable bonds is 4. The normalized spacial score (nSPS) is 16.2. The Morgan fingerprint density at radius 3 is 3.09 bits per heavy atom. The Kier molecular flexibility index (Phi) is 4.40. The zero-order valence-corrected chi connectivity index (χ0v) is 17.8. The number of anilines is 2. The second-order valence-corrected chi connectivity index (χ2v) is 8.18. The predicted molar refractivity (Wildman–Crippen MR) is 123 cm³/mol. The molecule has 33 heavy (non-hydrogen) atoms. The summed E-state index contributed by atoms with van der Waals surface area (Å²) in [4.78, 5) is 26.9. The fourth-order valence-electron chi connectivity index (χ4n) is 4.35. The number of aliphatic hydroxyl groups excluding tert-OH is 1. The summed E-state index contributed by atoms with van der Waals surface area (Å²) in [6, 6.07) is 7.58. The number of carbonyl (C=O) groups is 1. The second-order valence-electron chi connectivity index (χ2n) is 8.18. The molecule has 0 spiro atoms. The van der Waals surface area contributed by atoms with Crippen LogP contribution in [0.4, 0.5) is 11.4 Å². The van der Waals surface area contributed by atoms with Gasteiger partial charge >= 0.3 is 0 Å². The largest absolute Gasteiger partial charge is 0.444 e. The smallest absolute Gasteiger partial charge is 0.277 e. The molecule has 0 aliphatic carbocycles. The van der Waals surface area contributed by atoms with Crippen LogP contribution in [0.3, 0.4) is 0 Å².